The van der Waals surface area contributed by atoms with E-state index in [-0.39, 0.29) is 11.8 Å². The standard InChI is InChI=1S/C20H25N3O4/c1-2-26-17-7-5-16(6-8-17)21-10-9-19(24)22-11-13-23(14-12-22)20(25)18-4-3-15-27-18/h3-8,15,21H,2,9-14H2,1H3. The Morgan fingerprint density at radius 2 is 1.78 bits per heavy atom. The zero-order valence-electron chi connectivity index (χ0n) is 15.5. The number of piperazine rings is 1. The monoisotopic (exact) mass is 371 g/mol. The molecule has 1 aliphatic rings. The quantitative estimate of drug-likeness (QED) is 0.809. The highest BCUT2D eigenvalue weighted by atomic mass is 16.5. The molecule has 1 saturated heterocycles. The lowest BCUT2D eigenvalue weighted by Gasteiger charge is -2.34. The Kier molecular flexibility index (Phi) is 6.35. The molecule has 2 heterocycles. The Morgan fingerprint density at radius 1 is 1.07 bits per heavy atom. The van der Waals surface area contributed by atoms with Crippen LogP contribution in [0.4, 0.5) is 5.69 Å². The van der Waals surface area contributed by atoms with Gasteiger partial charge in [-0.1, -0.05) is 0 Å². The molecule has 1 aliphatic heterocycles. The van der Waals surface area contributed by atoms with Crippen molar-refractivity contribution >= 4 is 17.5 Å². The summed E-state index contributed by atoms with van der Waals surface area (Å²) >= 11 is 0. The summed E-state index contributed by atoms with van der Waals surface area (Å²) in [4.78, 5) is 28.2. The number of nitrogens with one attached hydrogen (secondary N) is 1. The predicted molar refractivity (Wildman–Crippen MR) is 102 cm³/mol. The van der Waals surface area contributed by atoms with Crippen LogP contribution in [-0.2, 0) is 4.79 Å². The van der Waals surface area contributed by atoms with E-state index in [0.29, 0.717) is 51.5 Å². The van der Waals surface area contributed by atoms with Gasteiger partial charge in [0.2, 0.25) is 5.91 Å². The van der Waals surface area contributed by atoms with Crippen molar-refractivity contribution in [2.24, 2.45) is 0 Å². The van der Waals surface area contributed by atoms with Gasteiger partial charge in [-0.3, -0.25) is 9.59 Å². The van der Waals surface area contributed by atoms with Crippen LogP contribution in [0, 0.1) is 0 Å². The lowest BCUT2D eigenvalue weighted by molar-refractivity contribution is -0.132. The smallest absolute Gasteiger partial charge is 0.289 e. The second-order valence-electron chi connectivity index (χ2n) is 6.28. The molecule has 1 fully saturated rings. The van der Waals surface area contributed by atoms with Gasteiger partial charge in [0.1, 0.15) is 5.75 Å². The van der Waals surface area contributed by atoms with E-state index in [2.05, 4.69) is 5.32 Å². The van der Waals surface area contributed by atoms with Crippen molar-refractivity contribution in [1.29, 1.82) is 0 Å². The number of carbonyl (C=O) groups excluding carboxylic acids is 2. The molecule has 1 aromatic carbocycles. The molecule has 1 N–H and O–H groups in total. The van der Waals surface area contributed by atoms with Gasteiger partial charge < -0.3 is 24.3 Å². The molecule has 7 heteroatoms. The van der Waals surface area contributed by atoms with Gasteiger partial charge in [-0.2, -0.15) is 0 Å². The minimum Gasteiger partial charge on any atom is -0.494 e. The fourth-order valence-corrected chi connectivity index (χ4v) is 3.02. The molecule has 0 unspecified atom stereocenters. The summed E-state index contributed by atoms with van der Waals surface area (Å²) in [6.07, 6.45) is 1.91. The van der Waals surface area contributed by atoms with Crippen molar-refractivity contribution in [1.82, 2.24) is 9.80 Å². The van der Waals surface area contributed by atoms with Gasteiger partial charge in [0.05, 0.1) is 12.9 Å². The minimum atomic E-state index is -0.121. The topological polar surface area (TPSA) is 75.0 Å². The first-order chi connectivity index (χ1) is 13.2. The highest BCUT2D eigenvalue weighted by molar-refractivity contribution is 5.91. The molecule has 0 radical (unpaired) electrons. The number of ether oxygens (including phenoxy) is 1. The van der Waals surface area contributed by atoms with Crippen molar-refractivity contribution < 1.29 is 18.7 Å². The third-order valence-corrected chi connectivity index (χ3v) is 4.48. The summed E-state index contributed by atoms with van der Waals surface area (Å²) in [6, 6.07) is 11.0. The van der Waals surface area contributed by atoms with Crippen LogP contribution in [0.3, 0.4) is 0 Å². The Bertz CT molecular complexity index is 735. The van der Waals surface area contributed by atoms with E-state index in [4.69, 9.17) is 9.15 Å². The first-order valence-electron chi connectivity index (χ1n) is 9.24. The molecule has 0 aliphatic carbocycles. The number of anilines is 1. The SMILES string of the molecule is CCOc1ccc(NCCC(=O)N2CCN(C(=O)c3ccco3)CC2)cc1. The molecular weight excluding hydrogens is 346 g/mol. The third-order valence-electron chi connectivity index (χ3n) is 4.48. The van der Waals surface area contributed by atoms with Crippen LogP contribution in [0.1, 0.15) is 23.9 Å². The number of nitrogens with zero attached hydrogens (tertiary/aromatic N) is 2. The summed E-state index contributed by atoms with van der Waals surface area (Å²) in [6.45, 7) is 5.31. The van der Waals surface area contributed by atoms with E-state index in [1.807, 2.05) is 36.1 Å². The normalized spacial score (nSPS) is 14.1. The summed E-state index contributed by atoms with van der Waals surface area (Å²) in [7, 11) is 0. The van der Waals surface area contributed by atoms with Crippen molar-refractivity contribution in [3.63, 3.8) is 0 Å². The maximum Gasteiger partial charge on any atom is 0.289 e. The Labute approximate surface area is 158 Å². The Morgan fingerprint density at radius 3 is 2.41 bits per heavy atom. The molecule has 1 aromatic heterocycles. The molecule has 2 aromatic rings. The molecule has 0 saturated carbocycles. The van der Waals surface area contributed by atoms with Crippen LogP contribution in [0.2, 0.25) is 0 Å². The number of furan rings is 1. The molecule has 0 spiro atoms. The minimum absolute atomic E-state index is 0.0959. The predicted octanol–water partition coefficient (Wildman–Crippen LogP) is 2.46. The van der Waals surface area contributed by atoms with Crippen molar-refractivity contribution in [3.8, 4) is 5.75 Å². The van der Waals surface area contributed by atoms with Crippen LogP contribution in [0.15, 0.2) is 47.1 Å². The van der Waals surface area contributed by atoms with E-state index in [1.165, 1.54) is 6.26 Å². The maximum atomic E-state index is 12.4. The third kappa shape index (κ3) is 5.03. The number of rotatable bonds is 7. The number of carbonyl (C=O) groups is 2. The number of hydrogen-bond donors (Lipinski definition) is 1. The maximum absolute atomic E-state index is 12.4. The summed E-state index contributed by atoms with van der Waals surface area (Å²) in [5.74, 6) is 1.15. The average molecular weight is 371 g/mol. The highest BCUT2D eigenvalue weighted by Crippen LogP contribution is 2.16. The van der Waals surface area contributed by atoms with Crippen molar-refractivity contribution in [3.05, 3.63) is 48.4 Å². The van der Waals surface area contributed by atoms with Gasteiger partial charge in [0.25, 0.3) is 5.91 Å². The van der Waals surface area contributed by atoms with Crippen molar-refractivity contribution in [2.45, 2.75) is 13.3 Å². The summed E-state index contributed by atoms with van der Waals surface area (Å²) < 4.78 is 10.6. The molecule has 0 atom stereocenters. The van der Waals surface area contributed by atoms with Gasteiger partial charge in [-0.15, -0.1) is 0 Å². The van der Waals surface area contributed by atoms with Crippen LogP contribution in [0.25, 0.3) is 0 Å². The molecule has 27 heavy (non-hydrogen) atoms. The van der Waals surface area contributed by atoms with E-state index >= 15 is 0 Å². The molecule has 144 valence electrons. The molecule has 2 amide bonds. The van der Waals surface area contributed by atoms with E-state index in [1.54, 1.807) is 17.0 Å². The fourth-order valence-electron chi connectivity index (χ4n) is 3.02. The second-order valence-corrected chi connectivity index (χ2v) is 6.28. The Balaban J connectivity index is 1.38. The first kappa shape index (κ1) is 18.8. The van der Waals surface area contributed by atoms with Gasteiger partial charge in [0, 0.05) is 44.8 Å². The van der Waals surface area contributed by atoms with E-state index in [0.717, 1.165) is 11.4 Å². The van der Waals surface area contributed by atoms with Crippen LogP contribution >= 0.6 is 0 Å². The fraction of sp³-hybridized carbons (Fsp3) is 0.400. The van der Waals surface area contributed by atoms with Crippen LogP contribution in [-0.4, -0.2) is 60.9 Å². The van der Waals surface area contributed by atoms with Crippen molar-refractivity contribution in [2.75, 3.05) is 44.6 Å². The van der Waals surface area contributed by atoms with E-state index < -0.39 is 0 Å². The van der Waals surface area contributed by atoms with Gasteiger partial charge in [0.15, 0.2) is 5.76 Å². The van der Waals surface area contributed by atoms with Gasteiger partial charge in [-0.25, -0.2) is 0 Å². The number of hydrogen-bond acceptors (Lipinski definition) is 5. The zero-order chi connectivity index (χ0) is 19.1. The van der Waals surface area contributed by atoms with Crippen LogP contribution < -0.4 is 10.1 Å². The average Bonchev–Trinajstić information content (AvgIpc) is 3.24. The first-order valence-corrected chi connectivity index (χ1v) is 9.24. The van der Waals surface area contributed by atoms with Gasteiger partial charge in [-0.05, 0) is 43.3 Å². The second kappa shape index (κ2) is 9.12. The number of benzene rings is 1. The summed E-state index contributed by atoms with van der Waals surface area (Å²) in [5, 5.41) is 3.25. The summed E-state index contributed by atoms with van der Waals surface area (Å²) in [5.41, 5.74) is 0.958. The lowest BCUT2D eigenvalue weighted by Crippen LogP contribution is -2.50. The largest absolute Gasteiger partial charge is 0.494 e. The van der Waals surface area contributed by atoms with E-state index in [9.17, 15) is 9.59 Å². The van der Waals surface area contributed by atoms with Gasteiger partial charge >= 0.3 is 0 Å². The number of amides is 2. The highest BCUT2D eigenvalue weighted by Gasteiger charge is 2.25. The lowest BCUT2D eigenvalue weighted by atomic mass is 10.2. The molecule has 7 nitrogen and oxygen atoms in total. The zero-order valence-corrected chi connectivity index (χ0v) is 15.5. The van der Waals surface area contributed by atoms with Crippen LogP contribution in [0.5, 0.6) is 5.75 Å². The Hall–Kier alpha value is -2.96. The molecular formula is C20H25N3O4. The molecule has 3 rings (SSSR count). The molecule has 0 bridgehead atoms.